The van der Waals surface area contributed by atoms with Crippen molar-refractivity contribution in [1.82, 2.24) is 14.9 Å². The Balaban J connectivity index is 1.65. The summed E-state index contributed by atoms with van der Waals surface area (Å²) in [6, 6.07) is 2.49. The van der Waals surface area contributed by atoms with Gasteiger partial charge in [-0.25, -0.2) is 14.2 Å². The lowest BCUT2D eigenvalue weighted by molar-refractivity contribution is -0.172. The predicted molar refractivity (Wildman–Crippen MR) is 130 cm³/mol. The summed E-state index contributed by atoms with van der Waals surface area (Å²) in [7, 11) is 0. The Labute approximate surface area is 210 Å². The first-order valence-electron chi connectivity index (χ1n) is 12.4. The molecule has 0 fully saturated rings. The molecule has 0 spiro atoms. The van der Waals surface area contributed by atoms with Crippen molar-refractivity contribution in [2.24, 2.45) is 0 Å². The molecule has 10 heteroatoms. The number of aliphatic hydroxyl groups is 2. The van der Waals surface area contributed by atoms with Crippen LogP contribution in [0.4, 0.5) is 4.39 Å². The zero-order valence-corrected chi connectivity index (χ0v) is 20.6. The third-order valence-electron chi connectivity index (χ3n) is 8.07. The molecular weight excluding hydrogens is 481 g/mol. The number of fused-ring (bicyclic) bond motifs is 5. The van der Waals surface area contributed by atoms with Crippen LogP contribution >= 0.6 is 0 Å². The minimum atomic E-state index is -1.96. The maximum atomic E-state index is 14.9. The zero-order valence-electron chi connectivity index (χ0n) is 20.6. The number of aryl methyl sites for hydroxylation is 1. The number of rotatable bonds is 3. The predicted octanol–water partition coefficient (Wildman–Crippen LogP) is 2.01. The van der Waals surface area contributed by atoms with E-state index in [1.54, 1.807) is 19.9 Å². The lowest BCUT2D eigenvalue weighted by atomic mass is 9.81. The minimum Gasteiger partial charge on any atom is -0.458 e. The van der Waals surface area contributed by atoms with Crippen LogP contribution in [0.15, 0.2) is 16.9 Å². The number of carbonyl (C=O) groups excluding carboxylic acids is 2. The van der Waals surface area contributed by atoms with Gasteiger partial charge < -0.3 is 24.8 Å². The van der Waals surface area contributed by atoms with E-state index in [0.717, 1.165) is 16.5 Å². The summed E-state index contributed by atoms with van der Waals surface area (Å²) in [6.45, 7) is 4.65. The fraction of sp³-hybridized carbons (Fsp3) is 0.407. The van der Waals surface area contributed by atoms with Gasteiger partial charge in [-0.3, -0.25) is 9.59 Å². The lowest BCUT2D eigenvalue weighted by Crippen LogP contribution is -2.44. The summed E-state index contributed by atoms with van der Waals surface area (Å²) in [5, 5.41) is 24.6. The Morgan fingerprint density at radius 3 is 2.78 bits per heavy atom. The number of aromatic nitrogens is 2. The Kier molecular flexibility index (Phi) is 5.09. The molecule has 37 heavy (non-hydrogen) atoms. The zero-order chi connectivity index (χ0) is 26.4. The highest BCUT2D eigenvalue weighted by atomic mass is 19.1. The second-order valence-electron chi connectivity index (χ2n) is 10.1. The molecule has 4 heterocycles. The molecule has 1 amide bonds. The van der Waals surface area contributed by atoms with Gasteiger partial charge in [-0.1, -0.05) is 6.92 Å². The van der Waals surface area contributed by atoms with Crippen LogP contribution in [0.5, 0.6) is 0 Å². The summed E-state index contributed by atoms with van der Waals surface area (Å²) in [6.07, 6.45) is -0.187. The monoisotopic (exact) mass is 507 g/mol. The van der Waals surface area contributed by atoms with Gasteiger partial charge in [-0.05, 0) is 55.9 Å². The third-order valence-corrected chi connectivity index (χ3v) is 8.07. The Bertz CT molecular complexity index is 1610. The Hall–Kier alpha value is -3.63. The number of nitrogens with one attached hydrogen (secondary N) is 1. The van der Waals surface area contributed by atoms with E-state index in [2.05, 4.69) is 5.32 Å². The molecule has 1 aromatic carbocycles. The second-order valence-corrected chi connectivity index (χ2v) is 10.1. The van der Waals surface area contributed by atoms with Gasteiger partial charge in [0.25, 0.3) is 5.56 Å². The quantitative estimate of drug-likeness (QED) is 0.362. The topological polar surface area (TPSA) is 131 Å². The number of halogens is 1. The van der Waals surface area contributed by atoms with E-state index < -0.39 is 41.0 Å². The number of carbonyl (C=O) groups is 2. The van der Waals surface area contributed by atoms with E-state index in [9.17, 15) is 29.0 Å². The highest BCUT2D eigenvalue weighted by molar-refractivity contribution is 5.94. The van der Waals surface area contributed by atoms with E-state index >= 15 is 0 Å². The normalized spacial score (nSPS) is 22.2. The molecule has 6 rings (SSSR count). The van der Waals surface area contributed by atoms with Crippen molar-refractivity contribution in [1.29, 1.82) is 0 Å². The molecule has 1 aliphatic carbocycles. The first-order chi connectivity index (χ1) is 17.6. The number of pyridine rings is 2. The van der Waals surface area contributed by atoms with E-state index in [1.165, 1.54) is 17.6 Å². The number of amides is 1. The van der Waals surface area contributed by atoms with Crippen molar-refractivity contribution >= 4 is 22.8 Å². The molecule has 0 radical (unpaired) electrons. The average Bonchev–Trinajstić information content (AvgIpc) is 3.24. The molecule has 3 N–H and O–H groups in total. The summed E-state index contributed by atoms with van der Waals surface area (Å²) in [5.41, 5.74) is 2.07. The standard InChI is InChI=1S/C27H26FN3O6/c1-4-27(36)16-7-20-23-14(9-31(20)25(34)15(16)10-37-26(27)35)22-18(30-24(33)12(3)32)6-5-13-11(2)17(28)8-19(29-23)21(13)22/h7-8,12,18,32,36H,4-6,9-10H2,1-3H3,(H,30,33)/t12?,18-,27-/m0/s1. The molecule has 2 aromatic heterocycles. The van der Waals surface area contributed by atoms with Crippen molar-refractivity contribution in [2.45, 2.75) is 70.9 Å². The molecule has 0 saturated carbocycles. The van der Waals surface area contributed by atoms with Crippen LogP contribution in [0.1, 0.15) is 66.1 Å². The highest BCUT2D eigenvalue weighted by Gasteiger charge is 2.46. The molecule has 9 nitrogen and oxygen atoms in total. The maximum Gasteiger partial charge on any atom is 0.343 e. The highest BCUT2D eigenvalue weighted by Crippen LogP contribution is 2.45. The van der Waals surface area contributed by atoms with Gasteiger partial charge in [0.05, 0.1) is 35.1 Å². The van der Waals surface area contributed by atoms with Gasteiger partial charge in [0.15, 0.2) is 5.60 Å². The van der Waals surface area contributed by atoms with Crippen molar-refractivity contribution in [3.05, 3.63) is 61.7 Å². The SMILES string of the molecule is CC[C@@]1(O)C(=O)OCc2c1cc1n(c2=O)Cc2c-1nc1cc(F)c(C)c3c1c2[C@@H](NC(=O)C(C)O)CC3. The Morgan fingerprint density at radius 1 is 1.32 bits per heavy atom. The molecule has 2 aliphatic heterocycles. The molecule has 1 unspecified atom stereocenters. The molecule has 0 bridgehead atoms. The van der Waals surface area contributed by atoms with E-state index in [0.29, 0.717) is 40.9 Å². The summed E-state index contributed by atoms with van der Waals surface area (Å²) in [5.74, 6) is -1.73. The van der Waals surface area contributed by atoms with Crippen molar-refractivity contribution in [2.75, 3.05) is 0 Å². The van der Waals surface area contributed by atoms with Crippen LogP contribution in [0.3, 0.4) is 0 Å². The Morgan fingerprint density at radius 2 is 2.08 bits per heavy atom. The van der Waals surface area contributed by atoms with Crippen molar-refractivity contribution in [3.63, 3.8) is 0 Å². The van der Waals surface area contributed by atoms with Gasteiger partial charge in [0, 0.05) is 22.6 Å². The lowest BCUT2D eigenvalue weighted by Gasteiger charge is -2.31. The van der Waals surface area contributed by atoms with Crippen LogP contribution in [0.25, 0.3) is 22.3 Å². The van der Waals surface area contributed by atoms with Gasteiger partial charge >= 0.3 is 5.97 Å². The molecule has 0 saturated heterocycles. The van der Waals surface area contributed by atoms with Crippen LogP contribution in [-0.4, -0.2) is 37.7 Å². The van der Waals surface area contributed by atoms with E-state index in [4.69, 9.17) is 9.72 Å². The number of aliphatic hydroxyl groups excluding tert-OH is 1. The molecular formula is C27H26FN3O6. The number of ether oxygens (including phenoxy) is 1. The molecule has 192 valence electrons. The summed E-state index contributed by atoms with van der Waals surface area (Å²) in [4.78, 5) is 43.3. The number of cyclic esters (lactones) is 1. The van der Waals surface area contributed by atoms with Crippen LogP contribution in [0.2, 0.25) is 0 Å². The van der Waals surface area contributed by atoms with Crippen LogP contribution in [-0.2, 0) is 39.5 Å². The number of nitrogens with zero attached hydrogens (tertiary/aromatic N) is 2. The van der Waals surface area contributed by atoms with Crippen LogP contribution in [0, 0.1) is 12.7 Å². The number of benzene rings is 1. The van der Waals surface area contributed by atoms with E-state index in [1.807, 2.05) is 0 Å². The van der Waals surface area contributed by atoms with Gasteiger partial charge in [-0.15, -0.1) is 0 Å². The molecule has 3 aromatic rings. The number of hydrogen-bond donors (Lipinski definition) is 3. The van der Waals surface area contributed by atoms with E-state index in [-0.39, 0.29) is 30.7 Å². The molecule has 3 aliphatic rings. The fourth-order valence-corrected chi connectivity index (χ4v) is 5.99. The average molecular weight is 508 g/mol. The van der Waals surface area contributed by atoms with Crippen LogP contribution < -0.4 is 10.9 Å². The van der Waals surface area contributed by atoms with Gasteiger partial charge in [0.2, 0.25) is 5.91 Å². The van der Waals surface area contributed by atoms with Crippen molar-refractivity contribution in [3.8, 4) is 11.4 Å². The molecule has 3 atom stereocenters. The van der Waals surface area contributed by atoms with Crippen molar-refractivity contribution < 1.29 is 28.9 Å². The van der Waals surface area contributed by atoms with Gasteiger partial charge in [0.1, 0.15) is 18.5 Å². The number of esters is 1. The third kappa shape index (κ3) is 3.15. The minimum absolute atomic E-state index is 0.0201. The largest absolute Gasteiger partial charge is 0.458 e. The number of hydrogen-bond acceptors (Lipinski definition) is 7. The fourth-order valence-electron chi connectivity index (χ4n) is 5.99. The second kappa shape index (κ2) is 7.93. The van der Waals surface area contributed by atoms with Gasteiger partial charge in [-0.2, -0.15) is 0 Å². The summed E-state index contributed by atoms with van der Waals surface area (Å²) < 4.78 is 21.6. The maximum absolute atomic E-state index is 14.9. The smallest absolute Gasteiger partial charge is 0.343 e. The first kappa shape index (κ1) is 23.7. The summed E-state index contributed by atoms with van der Waals surface area (Å²) >= 11 is 0. The first-order valence-corrected chi connectivity index (χ1v) is 12.4.